The lowest BCUT2D eigenvalue weighted by Crippen LogP contribution is -2.31. The van der Waals surface area contributed by atoms with Crippen molar-refractivity contribution in [1.82, 2.24) is 0 Å². The Labute approximate surface area is 173 Å². The molecule has 5 nitrogen and oxygen atoms in total. The molecule has 0 aromatic heterocycles. The molecule has 0 radical (unpaired) electrons. The monoisotopic (exact) mass is 390 g/mol. The fraction of sp³-hybridized carbons (Fsp3) is 0.292. The third-order valence-corrected chi connectivity index (χ3v) is 4.55. The van der Waals surface area contributed by atoms with E-state index in [1.54, 1.807) is 6.92 Å². The lowest BCUT2D eigenvalue weighted by atomic mass is 9.84. The van der Waals surface area contributed by atoms with E-state index in [4.69, 9.17) is 26.7 Å². The number of nitrogens with one attached hydrogen (secondary N) is 3. The Morgan fingerprint density at radius 1 is 1.00 bits per heavy atom. The highest BCUT2D eigenvalue weighted by atomic mass is 16.5. The summed E-state index contributed by atoms with van der Waals surface area (Å²) in [6.45, 7) is 5.81. The molecule has 0 aliphatic carbocycles. The van der Waals surface area contributed by atoms with Crippen molar-refractivity contribution >= 4 is 23.4 Å². The predicted molar refractivity (Wildman–Crippen MR) is 121 cm³/mol. The van der Waals surface area contributed by atoms with E-state index >= 15 is 0 Å². The maximum Gasteiger partial charge on any atom is 0.179 e. The van der Waals surface area contributed by atoms with Gasteiger partial charge < -0.3 is 4.74 Å². The molecule has 0 spiro atoms. The van der Waals surface area contributed by atoms with E-state index in [0.717, 1.165) is 23.1 Å². The first-order chi connectivity index (χ1) is 13.7. The van der Waals surface area contributed by atoms with Gasteiger partial charge in [-0.1, -0.05) is 74.5 Å². The van der Waals surface area contributed by atoms with E-state index in [1.165, 1.54) is 0 Å². The minimum Gasteiger partial charge on any atom is -0.463 e. The van der Waals surface area contributed by atoms with Crippen LogP contribution >= 0.6 is 0 Å². The fourth-order valence-corrected chi connectivity index (χ4v) is 3.10. The molecule has 1 unspecified atom stereocenters. The summed E-state index contributed by atoms with van der Waals surface area (Å²) in [5.41, 5.74) is 8.74. The average Bonchev–Trinajstić information content (AvgIpc) is 2.66. The largest absolute Gasteiger partial charge is 0.463 e. The van der Waals surface area contributed by atoms with Crippen molar-refractivity contribution in [3.8, 4) is 0 Å². The van der Waals surface area contributed by atoms with Crippen LogP contribution in [0.2, 0.25) is 0 Å². The van der Waals surface area contributed by atoms with Gasteiger partial charge in [-0.2, -0.15) is 0 Å². The molecule has 2 rings (SSSR count). The number of hydrogen-bond acceptors (Lipinski definition) is 5. The highest BCUT2D eigenvalue weighted by Gasteiger charge is 2.21. The Hall–Kier alpha value is -3.05. The summed E-state index contributed by atoms with van der Waals surface area (Å²) in [6, 6.07) is 17.0. The zero-order valence-electron chi connectivity index (χ0n) is 17.3. The van der Waals surface area contributed by atoms with Crippen molar-refractivity contribution in [3.63, 3.8) is 0 Å². The molecule has 5 heteroatoms. The molecule has 0 bridgehead atoms. The topological polar surface area (TPSA) is 107 Å². The van der Waals surface area contributed by atoms with Crippen LogP contribution in [0.3, 0.4) is 0 Å². The second-order valence-corrected chi connectivity index (χ2v) is 7.93. The fourth-order valence-electron chi connectivity index (χ4n) is 3.10. The molecule has 0 fully saturated rings. The lowest BCUT2D eigenvalue weighted by Gasteiger charge is -2.26. The summed E-state index contributed by atoms with van der Waals surface area (Å²) in [4.78, 5) is 0. The van der Waals surface area contributed by atoms with Crippen molar-refractivity contribution < 1.29 is 4.74 Å². The summed E-state index contributed by atoms with van der Waals surface area (Å²) in [5, 5.41) is 24.1. The summed E-state index contributed by atoms with van der Waals surface area (Å²) in [6.07, 6.45) is 5.09. The van der Waals surface area contributed by atoms with Crippen LogP contribution in [-0.2, 0) is 4.74 Å². The lowest BCUT2D eigenvalue weighted by molar-refractivity contribution is 0.129. The van der Waals surface area contributed by atoms with Gasteiger partial charge in [-0.25, -0.2) is 0 Å². The molecule has 0 aliphatic heterocycles. The number of allylic oxidation sites excluding steroid dienone is 1. The standard InChI is InChI=1S/C24H30N4O/c1-17(25)29-21(26)16-24(2,3)14-8-10-18-9-7-13-20(15-18)23(28)22(27)19-11-5-4-6-12-19/h4-13,15,21,25,27-28H,14,16,26H2,1-3H3/b10-8+,25-17?,27-22?,28-23?. The van der Waals surface area contributed by atoms with Crippen molar-refractivity contribution in [2.75, 3.05) is 0 Å². The zero-order chi connectivity index (χ0) is 21.4. The normalized spacial score (nSPS) is 12.6. The maximum absolute atomic E-state index is 8.39. The smallest absolute Gasteiger partial charge is 0.179 e. The third kappa shape index (κ3) is 7.12. The molecule has 0 saturated heterocycles. The van der Waals surface area contributed by atoms with E-state index in [1.807, 2.05) is 60.7 Å². The number of rotatable bonds is 9. The molecular formula is C24H30N4O. The van der Waals surface area contributed by atoms with Crippen LogP contribution in [0.25, 0.3) is 6.08 Å². The van der Waals surface area contributed by atoms with Crippen LogP contribution in [0.15, 0.2) is 60.7 Å². The molecule has 0 heterocycles. The minimum absolute atomic E-state index is 0.0644. The van der Waals surface area contributed by atoms with Gasteiger partial charge in [-0.05, 0) is 23.5 Å². The number of nitrogens with two attached hydrogens (primary N) is 1. The Morgan fingerprint density at radius 2 is 1.62 bits per heavy atom. The Bertz CT molecular complexity index is 900. The maximum atomic E-state index is 8.39. The molecular weight excluding hydrogens is 360 g/mol. The molecule has 29 heavy (non-hydrogen) atoms. The minimum atomic E-state index is -0.483. The molecule has 0 aliphatic rings. The van der Waals surface area contributed by atoms with E-state index in [2.05, 4.69) is 19.9 Å². The molecule has 2 aromatic rings. The Balaban J connectivity index is 2.03. The Kier molecular flexibility index (Phi) is 7.62. The van der Waals surface area contributed by atoms with Crippen LogP contribution in [0.4, 0.5) is 0 Å². The number of hydrogen-bond donors (Lipinski definition) is 4. The van der Waals surface area contributed by atoms with Crippen LogP contribution < -0.4 is 5.73 Å². The average molecular weight is 391 g/mol. The van der Waals surface area contributed by atoms with Crippen LogP contribution in [0, 0.1) is 21.6 Å². The van der Waals surface area contributed by atoms with Gasteiger partial charge in [0.2, 0.25) is 0 Å². The van der Waals surface area contributed by atoms with Gasteiger partial charge in [0.15, 0.2) is 5.90 Å². The summed E-state index contributed by atoms with van der Waals surface area (Å²) < 4.78 is 5.24. The Morgan fingerprint density at radius 3 is 2.28 bits per heavy atom. The van der Waals surface area contributed by atoms with E-state index < -0.39 is 6.23 Å². The van der Waals surface area contributed by atoms with Crippen molar-refractivity contribution in [3.05, 3.63) is 77.4 Å². The number of benzene rings is 2. The van der Waals surface area contributed by atoms with E-state index in [0.29, 0.717) is 6.42 Å². The predicted octanol–water partition coefficient (Wildman–Crippen LogP) is 5.24. The first-order valence-corrected chi connectivity index (χ1v) is 9.65. The van der Waals surface area contributed by atoms with Gasteiger partial charge in [0.1, 0.15) is 6.23 Å². The first kappa shape index (κ1) is 22.2. The van der Waals surface area contributed by atoms with Crippen LogP contribution in [0.5, 0.6) is 0 Å². The highest BCUT2D eigenvalue weighted by molar-refractivity contribution is 6.51. The molecule has 152 valence electrons. The summed E-state index contributed by atoms with van der Waals surface area (Å²) in [5.74, 6) is 0.129. The van der Waals surface area contributed by atoms with Crippen molar-refractivity contribution in [1.29, 1.82) is 16.2 Å². The first-order valence-electron chi connectivity index (χ1n) is 9.65. The van der Waals surface area contributed by atoms with Crippen LogP contribution in [0.1, 0.15) is 50.3 Å². The molecule has 2 aromatic carbocycles. The summed E-state index contributed by atoms with van der Waals surface area (Å²) in [7, 11) is 0. The van der Waals surface area contributed by atoms with Gasteiger partial charge >= 0.3 is 0 Å². The molecule has 5 N–H and O–H groups in total. The second-order valence-electron chi connectivity index (χ2n) is 7.93. The molecule has 0 amide bonds. The van der Waals surface area contributed by atoms with Gasteiger partial charge in [-0.15, -0.1) is 0 Å². The van der Waals surface area contributed by atoms with Gasteiger partial charge in [-0.3, -0.25) is 22.0 Å². The van der Waals surface area contributed by atoms with Gasteiger partial charge in [0.05, 0.1) is 11.4 Å². The highest BCUT2D eigenvalue weighted by Crippen LogP contribution is 2.27. The van der Waals surface area contributed by atoms with Gasteiger partial charge in [0.25, 0.3) is 0 Å². The van der Waals surface area contributed by atoms with E-state index in [9.17, 15) is 0 Å². The van der Waals surface area contributed by atoms with Crippen LogP contribution in [-0.4, -0.2) is 23.5 Å². The number of ether oxygens (including phenoxy) is 1. The van der Waals surface area contributed by atoms with Crippen molar-refractivity contribution in [2.24, 2.45) is 11.1 Å². The van der Waals surface area contributed by atoms with E-state index in [-0.39, 0.29) is 22.7 Å². The molecule has 1 atom stereocenters. The second kappa shape index (κ2) is 9.94. The van der Waals surface area contributed by atoms with Crippen molar-refractivity contribution in [2.45, 2.75) is 39.8 Å². The quantitative estimate of drug-likeness (QED) is 0.267. The summed E-state index contributed by atoms with van der Waals surface area (Å²) >= 11 is 0. The third-order valence-electron chi connectivity index (χ3n) is 4.55. The zero-order valence-corrected chi connectivity index (χ0v) is 17.3. The molecule has 0 saturated carbocycles. The van der Waals surface area contributed by atoms with Gasteiger partial charge in [0, 0.05) is 24.5 Å². The SMILES string of the molecule is CC(=N)OC(N)CC(C)(C)C/C=C/c1cccc(C(=N)C(=N)c2ccccc2)c1.